The number of guanidine groups is 1. The highest BCUT2D eigenvalue weighted by molar-refractivity contribution is 5.79. The van der Waals surface area contributed by atoms with E-state index >= 15 is 0 Å². The number of nitrogens with zero attached hydrogens (tertiary/aromatic N) is 3. The van der Waals surface area contributed by atoms with Crippen molar-refractivity contribution in [2.45, 2.75) is 26.9 Å². The lowest BCUT2D eigenvalue weighted by Crippen LogP contribution is -2.45. The Morgan fingerprint density at radius 3 is 2.38 bits per heavy atom. The molecule has 146 valence electrons. The third-order valence-electron chi connectivity index (χ3n) is 4.84. The fourth-order valence-corrected chi connectivity index (χ4v) is 3.17. The number of ether oxygens (including phenoxy) is 1. The quantitative estimate of drug-likeness (QED) is 0.397. The van der Waals surface area contributed by atoms with Gasteiger partial charge >= 0.3 is 0 Å². The molecule has 0 spiro atoms. The molecule has 1 aromatic rings. The smallest absolute Gasteiger partial charge is 0.191 e. The lowest BCUT2D eigenvalue weighted by Gasteiger charge is -2.34. The van der Waals surface area contributed by atoms with Gasteiger partial charge in [0, 0.05) is 59.5 Å². The van der Waals surface area contributed by atoms with Crippen LogP contribution in [0.15, 0.2) is 29.3 Å². The Hall–Kier alpha value is -1.63. The topological polar surface area (TPSA) is 52.1 Å². The third kappa shape index (κ3) is 6.94. The molecule has 0 bridgehead atoms. The molecule has 1 aliphatic rings. The van der Waals surface area contributed by atoms with Crippen molar-refractivity contribution < 1.29 is 4.74 Å². The number of aliphatic imine (C=N–C) groups is 1. The third-order valence-corrected chi connectivity index (χ3v) is 4.84. The van der Waals surface area contributed by atoms with E-state index in [2.05, 4.69) is 56.6 Å². The molecule has 0 radical (unpaired) electrons. The zero-order chi connectivity index (χ0) is 18.6. The summed E-state index contributed by atoms with van der Waals surface area (Å²) < 4.78 is 5.36. The molecule has 6 heteroatoms. The van der Waals surface area contributed by atoms with Crippen molar-refractivity contribution in [3.8, 4) is 0 Å². The Morgan fingerprint density at radius 2 is 1.73 bits per heavy atom. The van der Waals surface area contributed by atoms with E-state index in [9.17, 15) is 0 Å². The zero-order valence-corrected chi connectivity index (χ0v) is 16.6. The van der Waals surface area contributed by atoms with Crippen molar-refractivity contribution in [1.29, 1.82) is 0 Å². The maximum Gasteiger partial charge on any atom is 0.191 e. The van der Waals surface area contributed by atoms with Gasteiger partial charge in [0.05, 0.1) is 6.61 Å². The molecule has 0 atom stereocenters. The van der Waals surface area contributed by atoms with Crippen LogP contribution in [0.25, 0.3) is 0 Å². The van der Waals surface area contributed by atoms with Gasteiger partial charge in [-0.2, -0.15) is 0 Å². The average molecular weight is 362 g/mol. The van der Waals surface area contributed by atoms with Crippen molar-refractivity contribution >= 4 is 5.96 Å². The van der Waals surface area contributed by atoms with Crippen LogP contribution >= 0.6 is 0 Å². The van der Waals surface area contributed by atoms with Crippen molar-refractivity contribution in [3.63, 3.8) is 0 Å². The lowest BCUT2D eigenvalue weighted by atomic mass is 10.1. The van der Waals surface area contributed by atoms with Gasteiger partial charge in [0.2, 0.25) is 0 Å². The summed E-state index contributed by atoms with van der Waals surface area (Å²) in [7, 11) is 1.80. The molecule has 1 fully saturated rings. The lowest BCUT2D eigenvalue weighted by molar-refractivity contribution is 0.131. The summed E-state index contributed by atoms with van der Waals surface area (Å²) in [5.74, 6) is 0.816. The molecular formula is C20H35N5O. The highest BCUT2D eigenvalue weighted by atomic mass is 16.5. The molecule has 6 nitrogen and oxygen atoms in total. The fourth-order valence-electron chi connectivity index (χ4n) is 3.17. The Kier molecular flexibility index (Phi) is 9.45. The average Bonchev–Trinajstić information content (AvgIpc) is 2.69. The highest BCUT2D eigenvalue weighted by Crippen LogP contribution is 2.13. The van der Waals surface area contributed by atoms with Crippen molar-refractivity contribution in [3.05, 3.63) is 35.4 Å². The van der Waals surface area contributed by atoms with E-state index in [-0.39, 0.29) is 0 Å². The molecule has 1 aliphatic heterocycles. The highest BCUT2D eigenvalue weighted by Gasteiger charge is 2.16. The molecule has 0 aliphatic carbocycles. The van der Waals surface area contributed by atoms with Gasteiger partial charge in [-0.25, -0.2) is 0 Å². The summed E-state index contributed by atoms with van der Waals surface area (Å²) in [5.41, 5.74) is 2.73. The Labute approximate surface area is 158 Å². The van der Waals surface area contributed by atoms with Crippen LogP contribution in [0.5, 0.6) is 0 Å². The summed E-state index contributed by atoms with van der Waals surface area (Å²) in [6.07, 6.45) is 0. The van der Waals surface area contributed by atoms with E-state index < -0.39 is 0 Å². The molecule has 2 rings (SSSR count). The van der Waals surface area contributed by atoms with Crippen LogP contribution in [0.3, 0.4) is 0 Å². The Morgan fingerprint density at radius 1 is 1.04 bits per heavy atom. The van der Waals surface area contributed by atoms with E-state index in [1.807, 2.05) is 6.92 Å². The molecule has 1 heterocycles. The minimum absolute atomic E-state index is 0.692. The van der Waals surface area contributed by atoms with Gasteiger partial charge in [0.25, 0.3) is 0 Å². The van der Waals surface area contributed by atoms with Gasteiger partial charge in [0.15, 0.2) is 5.96 Å². The summed E-state index contributed by atoms with van der Waals surface area (Å²) in [5, 5.41) is 6.70. The van der Waals surface area contributed by atoms with Crippen LogP contribution < -0.4 is 10.6 Å². The molecule has 26 heavy (non-hydrogen) atoms. The minimum Gasteiger partial charge on any atom is -0.380 e. The predicted octanol–water partition coefficient (Wildman–Crippen LogP) is 1.53. The van der Waals surface area contributed by atoms with Crippen molar-refractivity contribution in [1.82, 2.24) is 20.4 Å². The van der Waals surface area contributed by atoms with Crippen LogP contribution in [0.2, 0.25) is 0 Å². The Bertz CT molecular complexity index is 541. The maximum atomic E-state index is 5.36. The van der Waals surface area contributed by atoms with E-state index in [0.29, 0.717) is 6.61 Å². The number of hydrogen-bond donors (Lipinski definition) is 2. The van der Waals surface area contributed by atoms with Crippen LogP contribution in [0.4, 0.5) is 0 Å². The van der Waals surface area contributed by atoms with E-state index in [4.69, 9.17) is 4.74 Å². The van der Waals surface area contributed by atoms with E-state index in [0.717, 1.165) is 51.8 Å². The zero-order valence-electron chi connectivity index (χ0n) is 16.6. The largest absolute Gasteiger partial charge is 0.380 e. The predicted molar refractivity (Wildman–Crippen MR) is 109 cm³/mol. The molecule has 0 amide bonds. The molecule has 1 saturated heterocycles. The van der Waals surface area contributed by atoms with Gasteiger partial charge < -0.3 is 20.3 Å². The number of benzene rings is 1. The SMILES string of the molecule is CCOCCNC(=NC)NCc1ccccc1CN1CCN(CC)CC1. The molecular weight excluding hydrogens is 326 g/mol. The summed E-state index contributed by atoms with van der Waals surface area (Å²) >= 11 is 0. The second-order valence-corrected chi connectivity index (χ2v) is 6.53. The second-order valence-electron chi connectivity index (χ2n) is 6.53. The summed E-state index contributed by atoms with van der Waals surface area (Å²) in [6, 6.07) is 8.70. The van der Waals surface area contributed by atoms with Gasteiger partial charge in [-0.15, -0.1) is 0 Å². The number of piperazine rings is 1. The monoisotopic (exact) mass is 361 g/mol. The molecule has 0 unspecified atom stereocenters. The fraction of sp³-hybridized carbons (Fsp3) is 0.650. The summed E-state index contributed by atoms with van der Waals surface area (Å²) in [6.45, 7) is 14.0. The van der Waals surface area contributed by atoms with Crippen LogP contribution in [0, 0.1) is 0 Å². The van der Waals surface area contributed by atoms with Crippen LogP contribution in [-0.2, 0) is 17.8 Å². The first kappa shape index (κ1) is 20.7. The number of nitrogens with one attached hydrogen (secondary N) is 2. The maximum absolute atomic E-state index is 5.36. The molecule has 1 aromatic carbocycles. The normalized spacial score (nSPS) is 16.7. The van der Waals surface area contributed by atoms with Crippen LogP contribution in [0.1, 0.15) is 25.0 Å². The van der Waals surface area contributed by atoms with Gasteiger partial charge in [-0.05, 0) is 24.6 Å². The van der Waals surface area contributed by atoms with Crippen LogP contribution in [-0.4, -0.2) is 75.3 Å². The van der Waals surface area contributed by atoms with Gasteiger partial charge in [-0.3, -0.25) is 9.89 Å². The number of hydrogen-bond acceptors (Lipinski definition) is 4. The van der Waals surface area contributed by atoms with E-state index in [1.165, 1.54) is 24.2 Å². The van der Waals surface area contributed by atoms with Gasteiger partial charge in [-0.1, -0.05) is 31.2 Å². The van der Waals surface area contributed by atoms with Crippen molar-refractivity contribution in [2.75, 3.05) is 59.5 Å². The minimum atomic E-state index is 0.692. The van der Waals surface area contributed by atoms with Crippen molar-refractivity contribution in [2.24, 2.45) is 4.99 Å². The standard InChI is InChI=1S/C20H35N5O/c1-4-24-11-13-25(14-12-24)17-19-9-7-6-8-18(19)16-23-20(21-3)22-10-15-26-5-2/h6-9H,4-5,10-17H2,1-3H3,(H2,21,22,23). The second kappa shape index (κ2) is 11.9. The number of rotatable bonds is 9. The first-order valence-electron chi connectivity index (χ1n) is 9.80. The van der Waals surface area contributed by atoms with E-state index in [1.54, 1.807) is 7.05 Å². The molecule has 2 N–H and O–H groups in total. The first-order valence-corrected chi connectivity index (χ1v) is 9.80. The first-order chi connectivity index (χ1) is 12.8. The summed E-state index contributed by atoms with van der Waals surface area (Å²) in [4.78, 5) is 9.36. The Balaban J connectivity index is 1.84. The van der Waals surface area contributed by atoms with Gasteiger partial charge in [0.1, 0.15) is 0 Å². The molecule has 0 saturated carbocycles. The number of likely N-dealkylation sites (N-methyl/N-ethyl adjacent to an activating group) is 1. The molecule has 0 aromatic heterocycles.